The van der Waals surface area contributed by atoms with Crippen LogP contribution in [0.5, 0.6) is 0 Å². The molecule has 3 aliphatic carbocycles. The van der Waals surface area contributed by atoms with Crippen LogP contribution in [0, 0.1) is 11.3 Å². The number of sulfonamides is 1. The first-order chi connectivity index (χ1) is 25.0. The zero-order chi connectivity index (χ0) is 38.3. The second-order valence-corrected chi connectivity index (χ2v) is 18.2. The fourth-order valence-corrected chi connectivity index (χ4v) is 9.21. The van der Waals surface area contributed by atoms with Crippen molar-refractivity contribution in [1.29, 1.82) is 0 Å². The van der Waals surface area contributed by atoms with E-state index in [4.69, 9.17) is 21.1 Å². The van der Waals surface area contributed by atoms with Gasteiger partial charge in [0.05, 0.1) is 11.8 Å². The number of methoxy groups -OCH3 is 1. The Morgan fingerprint density at radius 3 is 2.23 bits per heavy atom. The standard InChI is InChI=1S/C39H49ClN4O8S/c1-6-25-21-39(25,35(47)43-53(49,50)28-19-20-28)42-33(45)31-22-38(51-5,26-17-15-24(16-18-26)29-13-9-10-14-30(29)40)23-44(31)34(46)32(37(2,3)4)41-36(48)52-27-11-7-8-12-27/h6,9-10,13-18,25,27-28,31-32H,1,7-8,11-12,19-23H2,2-5H3,(H,41,48)(H,42,45)(H,43,47)/t25-,31+,32-,38+,39-/m1/s1. The molecule has 12 nitrogen and oxygen atoms in total. The van der Waals surface area contributed by atoms with Gasteiger partial charge >= 0.3 is 6.09 Å². The number of nitrogens with zero attached hydrogens (tertiary/aromatic N) is 1. The van der Waals surface area contributed by atoms with Crippen molar-refractivity contribution < 1.29 is 37.1 Å². The fraction of sp³-hybridized carbons (Fsp3) is 0.538. The molecule has 3 N–H and O–H groups in total. The van der Waals surface area contributed by atoms with E-state index in [1.165, 1.54) is 18.1 Å². The number of benzene rings is 2. The molecule has 1 saturated heterocycles. The van der Waals surface area contributed by atoms with E-state index in [1.807, 2.05) is 63.2 Å². The van der Waals surface area contributed by atoms with E-state index in [0.717, 1.165) is 36.8 Å². The molecule has 0 radical (unpaired) electrons. The van der Waals surface area contributed by atoms with Gasteiger partial charge in [0.15, 0.2) is 0 Å². The number of hydrogen-bond acceptors (Lipinski definition) is 8. The molecular formula is C39H49ClN4O8S. The summed E-state index contributed by atoms with van der Waals surface area (Å²) in [4.78, 5) is 57.3. The third-order valence-electron chi connectivity index (χ3n) is 11.1. The van der Waals surface area contributed by atoms with Crippen LogP contribution in [0.3, 0.4) is 0 Å². The first-order valence-corrected chi connectivity index (χ1v) is 20.1. The van der Waals surface area contributed by atoms with Crippen molar-refractivity contribution in [2.45, 2.75) is 107 Å². The van der Waals surface area contributed by atoms with E-state index in [2.05, 4.69) is 21.9 Å². The van der Waals surface area contributed by atoms with Crippen molar-refractivity contribution in [3.8, 4) is 11.1 Å². The molecule has 14 heteroatoms. The summed E-state index contributed by atoms with van der Waals surface area (Å²) in [5, 5.41) is 5.57. The maximum absolute atomic E-state index is 14.7. The highest BCUT2D eigenvalue weighted by Crippen LogP contribution is 2.47. The summed E-state index contributed by atoms with van der Waals surface area (Å²) in [6, 6.07) is 12.7. The fourth-order valence-electron chi connectivity index (χ4n) is 7.60. The lowest BCUT2D eigenvalue weighted by molar-refractivity contribution is -0.143. The molecule has 1 aliphatic heterocycles. The van der Waals surface area contributed by atoms with Crippen LogP contribution in [0.25, 0.3) is 11.1 Å². The van der Waals surface area contributed by atoms with E-state index in [0.29, 0.717) is 23.4 Å². The van der Waals surface area contributed by atoms with E-state index < -0.39 is 73.6 Å². The van der Waals surface area contributed by atoms with Gasteiger partial charge in [-0.15, -0.1) is 6.58 Å². The van der Waals surface area contributed by atoms with E-state index in [9.17, 15) is 27.6 Å². The molecule has 1 heterocycles. The highest BCUT2D eigenvalue weighted by atomic mass is 35.5. The van der Waals surface area contributed by atoms with Gasteiger partial charge in [-0.05, 0) is 67.6 Å². The Hall–Kier alpha value is -3.94. The number of ether oxygens (including phenoxy) is 2. The Balaban J connectivity index is 1.32. The summed E-state index contributed by atoms with van der Waals surface area (Å²) in [7, 11) is -2.39. The average Bonchev–Trinajstić information content (AvgIpc) is 4.00. The Kier molecular flexibility index (Phi) is 10.8. The Morgan fingerprint density at radius 2 is 1.66 bits per heavy atom. The number of amides is 4. The molecule has 5 atom stereocenters. The summed E-state index contributed by atoms with van der Waals surface area (Å²) < 4.78 is 39.5. The van der Waals surface area contributed by atoms with Gasteiger partial charge in [-0.3, -0.25) is 19.1 Å². The summed E-state index contributed by atoms with van der Waals surface area (Å²) in [6.45, 7) is 9.17. The largest absolute Gasteiger partial charge is 0.446 e. The third-order valence-corrected chi connectivity index (χ3v) is 13.2. The number of carbonyl (C=O) groups is 4. The van der Waals surface area contributed by atoms with Gasteiger partial charge in [-0.1, -0.05) is 80.9 Å². The van der Waals surface area contributed by atoms with Gasteiger partial charge in [0.1, 0.15) is 29.3 Å². The summed E-state index contributed by atoms with van der Waals surface area (Å²) in [5.41, 5.74) is -1.13. The van der Waals surface area contributed by atoms with Crippen LogP contribution in [-0.4, -0.2) is 79.8 Å². The Bertz CT molecular complexity index is 1870. The number of halogens is 1. The van der Waals surface area contributed by atoms with Crippen molar-refractivity contribution in [3.63, 3.8) is 0 Å². The molecule has 0 spiro atoms. The topological polar surface area (TPSA) is 160 Å². The van der Waals surface area contributed by atoms with E-state index >= 15 is 0 Å². The zero-order valence-corrected chi connectivity index (χ0v) is 32.2. The normalized spacial score (nSPS) is 26.4. The molecule has 2 aromatic carbocycles. The molecule has 2 aromatic rings. The van der Waals surface area contributed by atoms with Crippen LogP contribution in [0.4, 0.5) is 4.79 Å². The van der Waals surface area contributed by atoms with Crippen molar-refractivity contribution >= 4 is 45.4 Å². The minimum absolute atomic E-state index is 0.00667. The lowest BCUT2D eigenvalue weighted by Gasteiger charge is -2.36. The van der Waals surface area contributed by atoms with Crippen LogP contribution < -0.4 is 15.4 Å². The van der Waals surface area contributed by atoms with Crippen LogP contribution in [0.2, 0.25) is 5.02 Å². The average molecular weight is 769 g/mol. The molecule has 6 rings (SSSR count). The maximum atomic E-state index is 14.7. The van der Waals surface area contributed by atoms with Crippen molar-refractivity contribution in [3.05, 3.63) is 71.8 Å². The number of alkyl carbamates (subject to hydrolysis) is 1. The number of nitrogens with one attached hydrogen (secondary N) is 3. The van der Waals surface area contributed by atoms with Gasteiger partial charge in [-0.2, -0.15) is 0 Å². The monoisotopic (exact) mass is 768 g/mol. The zero-order valence-electron chi connectivity index (χ0n) is 30.7. The predicted molar refractivity (Wildman–Crippen MR) is 200 cm³/mol. The van der Waals surface area contributed by atoms with Crippen molar-refractivity contribution in [1.82, 2.24) is 20.3 Å². The van der Waals surface area contributed by atoms with Crippen molar-refractivity contribution in [2.75, 3.05) is 13.7 Å². The SMILES string of the molecule is C=C[C@@H]1C[C@]1(NC(=O)[C@@H]1C[C@@](OC)(c2ccc(-c3ccccc3Cl)cc2)CN1C(=O)[C@@H](NC(=O)OC1CCCC1)C(C)(C)C)C(=O)NS(=O)(=O)C1CC1. The second kappa shape index (κ2) is 14.7. The Labute approximate surface area is 316 Å². The molecule has 3 saturated carbocycles. The van der Waals surface area contributed by atoms with Crippen LogP contribution in [0.1, 0.15) is 77.7 Å². The van der Waals surface area contributed by atoms with Gasteiger partial charge in [0.2, 0.25) is 21.8 Å². The summed E-state index contributed by atoms with van der Waals surface area (Å²) in [6.07, 6.45) is 5.07. The highest BCUT2D eigenvalue weighted by molar-refractivity contribution is 7.91. The summed E-state index contributed by atoms with van der Waals surface area (Å²) in [5.74, 6) is -2.55. The molecule has 53 heavy (non-hydrogen) atoms. The highest BCUT2D eigenvalue weighted by Gasteiger charge is 2.62. The number of carbonyl (C=O) groups excluding carboxylic acids is 4. The number of rotatable bonds is 12. The molecule has 4 fully saturated rings. The molecule has 0 bridgehead atoms. The predicted octanol–water partition coefficient (Wildman–Crippen LogP) is 5.20. The molecule has 286 valence electrons. The number of hydrogen-bond donors (Lipinski definition) is 3. The van der Waals surface area contributed by atoms with Gasteiger partial charge in [0, 0.05) is 30.0 Å². The second-order valence-electron chi connectivity index (χ2n) is 15.9. The molecule has 4 aliphatic rings. The van der Waals surface area contributed by atoms with Crippen LogP contribution in [-0.2, 0) is 39.5 Å². The van der Waals surface area contributed by atoms with Crippen molar-refractivity contribution in [2.24, 2.45) is 11.3 Å². The van der Waals surface area contributed by atoms with Crippen LogP contribution >= 0.6 is 11.6 Å². The number of likely N-dealkylation sites (tertiary alicyclic amines) is 1. The van der Waals surface area contributed by atoms with Gasteiger partial charge in [-0.25, -0.2) is 13.2 Å². The van der Waals surface area contributed by atoms with Gasteiger partial charge < -0.3 is 25.0 Å². The smallest absolute Gasteiger partial charge is 0.408 e. The van der Waals surface area contributed by atoms with Crippen LogP contribution in [0.15, 0.2) is 61.2 Å². The Morgan fingerprint density at radius 1 is 1.00 bits per heavy atom. The maximum Gasteiger partial charge on any atom is 0.408 e. The molecule has 0 unspecified atom stereocenters. The first kappa shape index (κ1) is 38.8. The minimum Gasteiger partial charge on any atom is -0.446 e. The molecule has 4 amide bonds. The third kappa shape index (κ3) is 7.98. The summed E-state index contributed by atoms with van der Waals surface area (Å²) >= 11 is 6.47. The molecule has 0 aromatic heterocycles. The lowest BCUT2D eigenvalue weighted by atomic mass is 9.85. The lowest BCUT2D eigenvalue weighted by Crippen LogP contribution is -2.60. The van der Waals surface area contributed by atoms with E-state index in [-0.39, 0.29) is 25.5 Å². The minimum atomic E-state index is -3.90. The first-order valence-electron chi connectivity index (χ1n) is 18.2. The quantitative estimate of drug-likeness (QED) is 0.249. The van der Waals surface area contributed by atoms with Gasteiger partial charge in [0.25, 0.3) is 5.91 Å². The molecular weight excluding hydrogens is 720 g/mol. The van der Waals surface area contributed by atoms with E-state index in [1.54, 1.807) is 6.07 Å².